The van der Waals surface area contributed by atoms with Crippen LogP contribution < -0.4 is 48.6 Å². The van der Waals surface area contributed by atoms with Crippen molar-refractivity contribution in [1.29, 1.82) is 15.8 Å². The Balaban J connectivity index is 0.000000175. The number of nitriles is 3. The number of hydrogen-bond donors (Lipinski definition) is 3. The maximum atomic E-state index is 15.3. The Morgan fingerprint density at radius 1 is 0.399 bits per heavy atom. The lowest BCUT2D eigenvalue weighted by atomic mass is 10.0. The normalized spacial score (nSPS) is 15.0. The lowest BCUT2D eigenvalue weighted by Gasteiger charge is -2.41. The highest BCUT2D eigenvalue weighted by Gasteiger charge is 2.40. The summed E-state index contributed by atoms with van der Waals surface area (Å²) in [5.41, 5.74) is 12.2. The van der Waals surface area contributed by atoms with Crippen LogP contribution in [0.3, 0.4) is 0 Å². The van der Waals surface area contributed by atoms with Gasteiger partial charge in [0, 0.05) is 112 Å². The molecule has 6 N–H and O–H groups in total. The van der Waals surface area contributed by atoms with Crippen molar-refractivity contribution in [1.82, 2.24) is 58.3 Å². The van der Waals surface area contributed by atoms with Crippen LogP contribution >= 0.6 is 58.0 Å². The largest absolute Gasteiger partial charge is 0.397 e. The topological polar surface area (TPSA) is 363 Å². The molecule has 0 radical (unpaired) electrons. The van der Waals surface area contributed by atoms with Gasteiger partial charge in [-0.3, -0.25) is 57.4 Å². The summed E-state index contributed by atoms with van der Waals surface area (Å²) in [5, 5.41) is 29.2. The summed E-state index contributed by atoms with van der Waals surface area (Å²) in [5.74, 6) is -19.4. The van der Waals surface area contributed by atoms with Gasteiger partial charge in [0.1, 0.15) is 67.6 Å². The van der Waals surface area contributed by atoms with E-state index in [1.807, 2.05) is 73.6 Å². The molecule has 3 aromatic carbocycles. The second kappa shape index (κ2) is 39.9. The average Bonchev–Trinajstić information content (AvgIpc) is 0.726. The molecule has 138 heavy (non-hydrogen) atoms. The maximum absolute atomic E-state index is 15.3. The standard InChI is InChI=1S/2C32H28Cl2F3N7O2.C32H28ClF4N7O2/c2*1-6-20(45)43-10-9-42(13-16(43)5)30-17-11-19(33)28(21-23(35)25(37)24(36)22(34)26(21)39)41-31(17)44(32(46)18(30)12-38)29-15(4)7-8-40-27(29)14(2)3;1-6-20(45)43-10-9-42(13-16(43)5)30-17-11-19(33)28(21-22(34)24(36)25(37)26(39)23(21)35)41-31(17)44(32(46)18(30)12-38)29-15(4)7-8-40-27(29)14(2)3/h3*6-8,11,14,16H,1,9-10,13,39H2,2-5H3/t3*16-/m111/s1. The number of rotatable bonds is 15. The van der Waals surface area contributed by atoms with Gasteiger partial charge in [-0.2, -0.15) is 15.8 Å². The molecule has 0 spiro atoms. The molecule has 9 aromatic heterocycles. The highest BCUT2D eigenvalue weighted by atomic mass is 35.5. The Labute approximate surface area is 807 Å². The number of piperazine rings is 3. The second-order valence-electron chi connectivity index (χ2n) is 33.8. The number of amides is 3. The van der Waals surface area contributed by atoms with Crippen molar-refractivity contribution in [3.05, 3.63) is 258 Å². The SMILES string of the molecule is C=CC(=O)N1CCN(c2c(C#N)c(=O)n(-c3c(C)ccnc3C(C)C)c3nc(-c4c(F)c(N)c(F)c(F)c4F)c(Cl)cc23)C[C@H]1C.C=CC(=O)N1CCN(c2c(C#N)c(=O)n(-c3c(C)ccnc3C(C)C)c3nc(-c4c(N)c(Cl)c(F)c(F)c4F)c(Cl)cc23)C[C@H]1C.C=CC(=O)N1CCN(c2c(C#N)c(=O)n(-c3c(C)ccnc3C(C)C)c3nc(-c4c(N)c(Cl)c(F)c(F)c4F)c(Cl)cc23)C[C@H]1C. The number of benzene rings is 3. The van der Waals surface area contributed by atoms with E-state index in [2.05, 4.69) is 49.6 Å². The van der Waals surface area contributed by atoms with Crippen LogP contribution in [-0.2, 0) is 14.4 Å². The first-order chi connectivity index (χ1) is 65.2. The molecule has 42 heteroatoms. The van der Waals surface area contributed by atoms with Crippen LogP contribution in [0.5, 0.6) is 0 Å². The van der Waals surface area contributed by atoms with E-state index in [1.54, 1.807) is 93.9 Å². The van der Waals surface area contributed by atoms with Gasteiger partial charge in [-0.15, -0.1) is 0 Å². The van der Waals surface area contributed by atoms with Crippen LogP contribution in [0.1, 0.15) is 131 Å². The summed E-state index contributed by atoms with van der Waals surface area (Å²) in [4.78, 5) is 118. The zero-order valence-corrected chi connectivity index (χ0v) is 79.6. The molecule has 3 amide bonds. The number of anilines is 6. The van der Waals surface area contributed by atoms with E-state index in [-0.39, 0.29) is 195 Å². The molecule has 12 aromatic rings. The highest BCUT2D eigenvalue weighted by Crippen LogP contribution is 2.48. The molecule has 3 atom stereocenters. The lowest BCUT2D eigenvalue weighted by Crippen LogP contribution is -2.54. The molecular weight excluding hydrogens is 1910 g/mol. The van der Waals surface area contributed by atoms with Crippen molar-refractivity contribution in [3.63, 3.8) is 0 Å². The third-order valence-electron chi connectivity index (χ3n) is 24.2. The predicted molar refractivity (Wildman–Crippen MR) is 511 cm³/mol. The minimum atomic E-state index is -2.03. The number of nitrogens with two attached hydrogens (primary N) is 3. The number of nitrogen functional groups attached to an aromatic ring is 3. The molecule has 3 aliphatic rings. The van der Waals surface area contributed by atoms with Crippen molar-refractivity contribution < 1.29 is 58.3 Å². The molecule has 0 unspecified atom stereocenters. The summed E-state index contributed by atoms with van der Waals surface area (Å²) < 4.78 is 151. The van der Waals surface area contributed by atoms with Gasteiger partial charge in [-0.25, -0.2) is 58.9 Å². The fourth-order valence-corrected chi connectivity index (χ4v) is 18.6. The van der Waals surface area contributed by atoms with Crippen LogP contribution in [0.4, 0.5) is 78.0 Å². The van der Waals surface area contributed by atoms with Gasteiger partial charge >= 0.3 is 0 Å². The van der Waals surface area contributed by atoms with E-state index < -0.39 is 141 Å². The third-order valence-corrected chi connectivity index (χ3v) is 25.8. The third kappa shape index (κ3) is 17.5. The molecule has 3 saturated heterocycles. The quantitative estimate of drug-likeness (QED) is 0.0282. The van der Waals surface area contributed by atoms with Crippen LogP contribution in [-0.4, -0.2) is 153 Å². The molecule has 27 nitrogen and oxygen atoms in total. The predicted octanol–water partition coefficient (Wildman–Crippen LogP) is 18.3. The Hall–Kier alpha value is -14.2. The number of pyridine rings is 9. The van der Waals surface area contributed by atoms with Crippen molar-refractivity contribution in [2.45, 2.75) is 119 Å². The van der Waals surface area contributed by atoms with Gasteiger partial charge in [-0.05, 0) is 131 Å². The fourth-order valence-electron chi connectivity index (χ4n) is 17.5. The number of nitrogens with zero attached hydrogens (tertiary/aromatic N) is 18. The number of aromatic nitrogens is 9. The number of carbonyl (C=O) groups is 3. The van der Waals surface area contributed by atoms with E-state index in [4.69, 9.17) is 75.2 Å². The van der Waals surface area contributed by atoms with Gasteiger partial charge in [0.2, 0.25) is 17.7 Å². The summed E-state index contributed by atoms with van der Waals surface area (Å²) in [7, 11) is 0. The minimum Gasteiger partial charge on any atom is -0.397 e. The zero-order chi connectivity index (χ0) is 101. The van der Waals surface area contributed by atoms with E-state index in [1.165, 1.54) is 45.6 Å². The van der Waals surface area contributed by atoms with Crippen LogP contribution in [0.2, 0.25) is 25.1 Å². The first kappa shape index (κ1) is 101. The molecule has 12 heterocycles. The number of halogens is 15. The monoisotopic (exact) mass is 1990 g/mol. The van der Waals surface area contributed by atoms with Crippen LogP contribution in [0.25, 0.3) is 83.9 Å². The first-order valence-corrected chi connectivity index (χ1v) is 44.5. The highest BCUT2D eigenvalue weighted by molar-refractivity contribution is 6.37. The van der Waals surface area contributed by atoms with E-state index in [0.29, 0.717) is 45.1 Å². The van der Waals surface area contributed by atoms with Crippen LogP contribution in [0, 0.1) is 113 Å². The van der Waals surface area contributed by atoms with Gasteiger partial charge in [-0.1, -0.05) is 119 Å². The molecule has 0 bridgehead atoms. The minimum absolute atomic E-state index is 0.0756. The Kier molecular flexibility index (Phi) is 29.3. The van der Waals surface area contributed by atoms with Crippen molar-refractivity contribution in [2.75, 3.05) is 90.8 Å². The smallest absolute Gasteiger partial charge is 0.276 e. The van der Waals surface area contributed by atoms with Crippen molar-refractivity contribution >= 4 is 143 Å². The number of aryl methyl sites for hydroxylation is 3. The van der Waals surface area contributed by atoms with E-state index in [9.17, 15) is 70.9 Å². The maximum Gasteiger partial charge on any atom is 0.276 e. The van der Waals surface area contributed by atoms with Crippen LogP contribution in [0.15, 0.2) is 107 Å². The Morgan fingerprint density at radius 2 is 0.659 bits per heavy atom. The van der Waals surface area contributed by atoms with E-state index in [0.717, 1.165) is 4.57 Å². The van der Waals surface area contributed by atoms with Gasteiger partial charge in [0.25, 0.3) is 16.7 Å². The summed E-state index contributed by atoms with van der Waals surface area (Å²) in [6.07, 6.45) is 8.35. The molecule has 0 aliphatic carbocycles. The zero-order valence-electron chi connectivity index (χ0n) is 75.8. The Morgan fingerprint density at radius 3 is 0.913 bits per heavy atom. The molecule has 3 aliphatic heterocycles. The fraction of sp³-hybridized carbons (Fsp3) is 0.281. The number of carbonyl (C=O) groups excluding carboxylic acids is 3. The Bertz CT molecular complexity index is 6780. The lowest BCUT2D eigenvalue weighted by molar-refractivity contribution is -0.129. The molecule has 15 rings (SSSR count). The van der Waals surface area contributed by atoms with Gasteiger partial charge < -0.3 is 46.6 Å². The summed E-state index contributed by atoms with van der Waals surface area (Å²) >= 11 is 31.8. The molecule has 0 saturated carbocycles. The summed E-state index contributed by atoms with van der Waals surface area (Å²) in [6.45, 7) is 34.5. The average molecular weight is 2000 g/mol. The number of fused-ring (bicyclic) bond motifs is 3. The number of hydrogen-bond acceptors (Lipinski definition) is 21. The van der Waals surface area contributed by atoms with Gasteiger partial charge in [0.15, 0.2) is 58.2 Å². The van der Waals surface area contributed by atoms with Crippen molar-refractivity contribution in [3.8, 4) is 69.0 Å². The molecule has 714 valence electrons. The summed E-state index contributed by atoms with van der Waals surface area (Å²) in [6, 6.07) is 14.1. The first-order valence-electron chi connectivity index (χ1n) is 42.6. The van der Waals surface area contributed by atoms with Crippen molar-refractivity contribution in [2.24, 2.45) is 0 Å². The second-order valence-corrected chi connectivity index (χ2v) is 35.8. The van der Waals surface area contributed by atoms with Gasteiger partial charge in [0.05, 0.1) is 111 Å². The molecule has 3 fully saturated rings. The van der Waals surface area contributed by atoms with E-state index >= 15 is 17.6 Å². The molecular formula is C96H84Cl5F10N21O6.